The SMILES string of the molecule is CCCOc1cccc(-c2ccc3c(c2)CC(C)(C)C3NC(=O)O[C@H]2CN3CCC2CC3)c1. The standard InChI is InChI=1S/C28H36N2O3/c1-4-14-32-23-7-5-6-20(16-23)21-8-9-24-22(15-21)17-28(2,3)26(24)29-27(31)33-25-18-30-12-10-19(25)11-13-30/h5-9,15-16,19,25-26H,4,10-14,17-18H2,1-3H3,(H,29,31)/t25-,26?/m0/s1. The number of fused-ring (bicyclic) bond motifs is 4. The molecule has 0 saturated carbocycles. The van der Waals surface area contributed by atoms with Crippen molar-refractivity contribution in [1.29, 1.82) is 0 Å². The third kappa shape index (κ3) is 4.61. The third-order valence-electron chi connectivity index (χ3n) is 7.64. The van der Waals surface area contributed by atoms with Crippen LogP contribution in [0.5, 0.6) is 5.75 Å². The van der Waals surface area contributed by atoms with Gasteiger partial charge in [0.05, 0.1) is 12.6 Å². The lowest BCUT2D eigenvalue weighted by Crippen LogP contribution is -2.53. The molecule has 3 heterocycles. The van der Waals surface area contributed by atoms with Gasteiger partial charge in [0.25, 0.3) is 0 Å². The highest BCUT2D eigenvalue weighted by Crippen LogP contribution is 2.46. The second-order valence-corrected chi connectivity index (χ2v) is 10.6. The summed E-state index contributed by atoms with van der Waals surface area (Å²) in [4.78, 5) is 15.3. The lowest BCUT2D eigenvalue weighted by atomic mass is 9.85. The fraction of sp³-hybridized carbons (Fsp3) is 0.536. The van der Waals surface area contributed by atoms with Gasteiger partial charge in [-0.1, -0.05) is 51.1 Å². The van der Waals surface area contributed by atoms with Crippen LogP contribution >= 0.6 is 0 Å². The highest BCUT2D eigenvalue weighted by molar-refractivity contribution is 5.70. The summed E-state index contributed by atoms with van der Waals surface area (Å²) >= 11 is 0. The third-order valence-corrected chi connectivity index (χ3v) is 7.64. The Morgan fingerprint density at radius 2 is 1.91 bits per heavy atom. The van der Waals surface area contributed by atoms with Crippen molar-refractivity contribution in [2.24, 2.45) is 11.3 Å². The largest absolute Gasteiger partial charge is 0.494 e. The van der Waals surface area contributed by atoms with Crippen LogP contribution < -0.4 is 10.1 Å². The minimum absolute atomic E-state index is 0.0288. The molecule has 0 spiro atoms. The lowest BCUT2D eigenvalue weighted by Gasteiger charge is -2.44. The average Bonchev–Trinajstić information content (AvgIpc) is 3.07. The predicted octanol–water partition coefficient (Wildman–Crippen LogP) is 5.59. The fourth-order valence-corrected chi connectivity index (χ4v) is 5.83. The quantitative estimate of drug-likeness (QED) is 0.626. The summed E-state index contributed by atoms with van der Waals surface area (Å²) in [5.74, 6) is 1.43. The van der Waals surface area contributed by atoms with E-state index in [2.05, 4.69) is 61.3 Å². The Bertz CT molecular complexity index is 1010. The van der Waals surface area contributed by atoms with Gasteiger partial charge < -0.3 is 14.8 Å². The van der Waals surface area contributed by atoms with Crippen LogP contribution in [0, 0.1) is 11.3 Å². The van der Waals surface area contributed by atoms with Crippen molar-refractivity contribution in [3.05, 3.63) is 53.6 Å². The summed E-state index contributed by atoms with van der Waals surface area (Å²) in [6.07, 6.45) is 3.96. The number of ether oxygens (including phenoxy) is 2. The highest BCUT2D eigenvalue weighted by atomic mass is 16.6. The van der Waals surface area contributed by atoms with Crippen molar-refractivity contribution in [1.82, 2.24) is 10.2 Å². The first-order valence-corrected chi connectivity index (χ1v) is 12.5. The number of carbonyl (C=O) groups excluding carboxylic acids is 1. The number of amides is 1. The van der Waals surface area contributed by atoms with E-state index in [1.165, 1.54) is 16.7 Å². The Labute approximate surface area is 197 Å². The molecule has 0 aromatic heterocycles. The second-order valence-electron chi connectivity index (χ2n) is 10.6. The summed E-state index contributed by atoms with van der Waals surface area (Å²) in [6, 6.07) is 14.9. The molecule has 6 rings (SSSR count). The van der Waals surface area contributed by atoms with Gasteiger partial charge in [-0.15, -0.1) is 0 Å². The van der Waals surface area contributed by atoms with Crippen LogP contribution in [0.3, 0.4) is 0 Å². The van der Waals surface area contributed by atoms with Crippen molar-refractivity contribution >= 4 is 6.09 Å². The maximum atomic E-state index is 12.9. The van der Waals surface area contributed by atoms with Crippen LogP contribution in [-0.2, 0) is 11.2 Å². The molecule has 2 aromatic rings. The van der Waals surface area contributed by atoms with E-state index in [1.54, 1.807) is 0 Å². The zero-order valence-electron chi connectivity index (χ0n) is 20.1. The number of alkyl carbamates (subject to hydrolysis) is 1. The molecule has 176 valence electrons. The summed E-state index contributed by atoms with van der Waals surface area (Å²) in [6.45, 7) is 10.5. The smallest absolute Gasteiger partial charge is 0.407 e. The summed E-state index contributed by atoms with van der Waals surface area (Å²) < 4.78 is 11.7. The number of hydrogen-bond donors (Lipinski definition) is 1. The van der Waals surface area contributed by atoms with E-state index in [1.807, 2.05) is 12.1 Å². The van der Waals surface area contributed by atoms with Gasteiger partial charge in [0, 0.05) is 6.54 Å². The predicted molar refractivity (Wildman–Crippen MR) is 130 cm³/mol. The Morgan fingerprint density at radius 3 is 2.64 bits per heavy atom. The summed E-state index contributed by atoms with van der Waals surface area (Å²) in [7, 11) is 0. The molecular weight excluding hydrogens is 412 g/mol. The number of nitrogens with zero attached hydrogens (tertiary/aromatic N) is 1. The van der Waals surface area contributed by atoms with Gasteiger partial charge in [-0.25, -0.2) is 4.79 Å². The minimum atomic E-state index is -0.274. The molecule has 5 nitrogen and oxygen atoms in total. The first-order chi connectivity index (χ1) is 15.9. The van der Waals surface area contributed by atoms with Crippen molar-refractivity contribution in [3.63, 3.8) is 0 Å². The van der Waals surface area contributed by atoms with E-state index in [9.17, 15) is 4.79 Å². The number of nitrogens with one attached hydrogen (secondary N) is 1. The maximum Gasteiger partial charge on any atom is 0.407 e. The van der Waals surface area contributed by atoms with E-state index in [-0.39, 0.29) is 23.7 Å². The number of hydrogen-bond acceptors (Lipinski definition) is 4. The van der Waals surface area contributed by atoms with Crippen molar-refractivity contribution < 1.29 is 14.3 Å². The molecular formula is C28H36N2O3. The molecule has 1 aliphatic carbocycles. The van der Waals surface area contributed by atoms with Gasteiger partial charge in [-0.2, -0.15) is 0 Å². The molecule has 2 bridgehead atoms. The molecule has 3 fully saturated rings. The van der Waals surface area contributed by atoms with E-state index >= 15 is 0 Å². The Hall–Kier alpha value is -2.53. The van der Waals surface area contributed by atoms with Gasteiger partial charge in [0.2, 0.25) is 0 Å². The molecule has 0 radical (unpaired) electrons. The highest BCUT2D eigenvalue weighted by Gasteiger charge is 2.42. The minimum Gasteiger partial charge on any atom is -0.494 e. The average molecular weight is 449 g/mol. The Morgan fingerprint density at radius 1 is 1.12 bits per heavy atom. The summed E-state index contributed by atoms with van der Waals surface area (Å²) in [5, 5.41) is 3.22. The van der Waals surface area contributed by atoms with Crippen LogP contribution in [0.1, 0.15) is 57.2 Å². The van der Waals surface area contributed by atoms with Crippen molar-refractivity contribution in [2.45, 2.75) is 58.6 Å². The molecule has 5 heteroatoms. The van der Waals surface area contributed by atoms with Crippen LogP contribution in [0.4, 0.5) is 4.79 Å². The molecule has 1 N–H and O–H groups in total. The maximum absolute atomic E-state index is 12.9. The molecule has 3 aliphatic heterocycles. The topological polar surface area (TPSA) is 50.8 Å². The normalized spacial score (nSPS) is 27.1. The number of carbonyl (C=O) groups is 1. The van der Waals surface area contributed by atoms with E-state index < -0.39 is 0 Å². The molecule has 33 heavy (non-hydrogen) atoms. The fourth-order valence-electron chi connectivity index (χ4n) is 5.83. The van der Waals surface area contributed by atoms with Crippen molar-refractivity contribution in [2.75, 3.05) is 26.2 Å². The molecule has 1 unspecified atom stereocenters. The number of rotatable bonds is 6. The van der Waals surface area contributed by atoms with Gasteiger partial charge in [-0.3, -0.25) is 4.90 Å². The molecule has 2 aromatic carbocycles. The van der Waals surface area contributed by atoms with Crippen LogP contribution in [0.2, 0.25) is 0 Å². The second kappa shape index (κ2) is 9.02. The monoisotopic (exact) mass is 448 g/mol. The number of piperidine rings is 3. The van der Waals surface area contributed by atoms with Crippen LogP contribution in [0.25, 0.3) is 11.1 Å². The van der Waals surface area contributed by atoms with Crippen LogP contribution in [0.15, 0.2) is 42.5 Å². The molecule has 2 atom stereocenters. The van der Waals surface area contributed by atoms with E-state index in [0.29, 0.717) is 5.92 Å². The zero-order chi connectivity index (χ0) is 23.0. The molecule has 1 amide bonds. The van der Waals surface area contributed by atoms with Gasteiger partial charge in [0.15, 0.2) is 0 Å². The lowest BCUT2D eigenvalue weighted by molar-refractivity contribution is -0.0348. The molecule has 3 saturated heterocycles. The summed E-state index contributed by atoms with van der Waals surface area (Å²) in [5.41, 5.74) is 4.77. The van der Waals surface area contributed by atoms with E-state index in [0.717, 1.165) is 63.2 Å². The van der Waals surface area contributed by atoms with Gasteiger partial charge in [-0.05, 0) is 84.5 Å². The first kappa shape index (κ1) is 22.3. The zero-order valence-corrected chi connectivity index (χ0v) is 20.1. The van der Waals surface area contributed by atoms with E-state index in [4.69, 9.17) is 9.47 Å². The van der Waals surface area contributed by atoms with Crippen molar-refractivity contribution in [3.8, 4) is 16.9 Å². The Kier molecular flexibility index (Phi) is 6.09. The Balaban J connectivity index is 1.31. The first-order valence-electron chi connectivity index (χ1n) is 12.5. The number of benzene rings is 2. The van der Waals surface area contributed by atoms with Gasteiger partial charge >= 0.3 is 6.09 Å². The van der Waals surface area contributed by atoms with Gasteiger partial charge in [0.1, 0.15) is 11.9 Å². The molecule has 4 aliphatic rings. The van der Waals surface area contributed by atoms with Crippen LogP contribution in [-0.4, -0.2) is 43.3 Å².